The summed E-state index contributed by atoms with van der Waals surface area (Å²) in [6, 6.07) is 13.7. The summed E-state index contributed by atoms with van der Waals surface area (Å²) in [5.74, 6) is -0.910. The van der Waals surface area contributed by atoms with Crippen LogP contribution >= 0.6 is 0 Å². The van der Waals surface area contributed by atoms with E-state index < -0.39 is 36.0 Å². The topological polar surface area (TPSA) is 172 Å². The minimum atomic E-state index is -4.66. The fraction of sp³-hybridized carbons (Fsp3) is 0.310. The van der Waals surface area contributed by atoms with Gasteiger partial charge in [0.2, 0.25) is 5.96 Å². The number of hydrogen-bond donors (Lipinski definition) is 1. The van der Waals surface area contributed by atoms with E-state index in [1.54, 1.807) is 13.2 Å². The second-order valence-electron chi connectivity index (χ2n) is 9.63. The van der Waals surface area contributed by atoms with Gasteiger partial charge in [0.1, 0.15) is 23.0 Å². The monoisotopic (exact) mass is 674 g/mol. The summed E-state index contributed by atoms with van der Waals surface area (Å²) < 4.78 is 67.3. The molecule has 2 aliphatic heterocycles. The molecule has 3 aromatic carbocycles. The summed E-state index contributed by atoms with van der Waals surface area (Å²) in [5.41, 5.74) is 0.204. The van der Waals surface area contributed by atoms with Crippen molar-refractivity contribution in [1.82, 2.24) is 4.90 Å². The zero-order valence-electron chi connectivity index (χ0n) is 23.9. The molecule has 7 N–H and O–H groups in total. The van der Waals surface area contributed by atoms with Crippen molar-refractivity contribution < 1.29 is 53.4 Å². The summed E-state index contributed by atoms with van der Waals surface area (Å²) in [6.45, 7) is 1.82. The fourth-order valence-corrected chi connectivity index (χ4v) is 5.24. The van der Waals surface area contributed by atoms with Crippen LogP contribution in [-0.2, 0) is 11.0 Å². The first-order chi connectivity index (χ1) is 19.6. The number of rotatable bonds is 6. The van der Waals surface area contributed by atoms with E-state index >= 15 is 4.39 Å². The molecule has 0 radical (unpaired) electrons. The molecular formula is C29H36F4N4Na2O7. The van der Waals surface area contributed by atoms with Crippen LogP contribution in [-0.4, -0.2) is 138 Å². The third kappa shape index (κ3) is 9.05. The molecule has 2 heterocycles. The zero-order valence-corrected chi connectivity index (χ0v) is 23.9. The number of nitrogens with zero attached hydrogens (tertiary/aromatic N) is 4. The van der Waals surface area contributed by atoms with Crippen molar-refractivity contribution in [3.63, 3.8) is 0 Å². The van der Waals surface area contributed by atoms with Crippen LogP contribution in [0.4, 0.5) is 34.6 Å². The van der Waals surface area contributed by atoms with Crippen LogP contribution in [0, 0.1) is 5.82 Å². The van der Waals surface area contributed by atoms with Crippen LogP contribution in [0.3, 0.4) is 0 Å². The number of guanidine groups is 1. The molecule has 0 saturated carbocycles. The third-order valence-electron chi connectivity index (χ3n) is 7.23. The van der Waals surface area contributed by atoms with Gasteiger partial charge in [-0.2, -0.15) is 13.2 Å². The molecule has 0 spiro atoms. The first-order valence-electron chi connectivity index (χ1n) is 12.9. The van der Waals surface area contributed by atoms with Gasteiger partial charge >= 0.3 is 71.3 Å². The number of ether oxygens (including phenoxy) is 2. The average Bonchev–Trinajstić information content (AvgIpc) is 2.96. The first kappa shape index (κ1) is 43.4. The number of benzene rings is 3. The van der Waals surface area contributed by atoms with Gasteiger partial charge in [-0.25, -0.2) is 9.38 Å². The zero-order chi connectivity index (χ0) is 29.3. The molecule has 1 fully saturated rings. The van der Waals surface area contributed by atoms with Gasteiger partial charge in [0.25, 0.3) is 0 Å². The maximum absolute atomic E-state index is 15.1. The van der Waals surface area contributed by atoms with E-state index in [4.69, 9.17) is 9.47 Å². The Morgan fingerprint density at radius 3 is 2.13 bits per heavy atom. The molecule has 1 saturated heterocycles. The van der Waals surface area contributed by atoms with Crippen molar-refractivity contribution in [2.75, 3.05) is 50.2 Å². The van der Waals surface area contributed by atoms with Gasteiger partial charge in [-0.05, 0) is 36.4 Å². The number of carboxylic acids is 1. The predicted molar refractivity (Wildman–Crippen MR) is 171 cm³/mol. The van der Waals surface area contributed by atoms with Gasteiger partial charge in [0, 0.05) is 43.5 Å². The van der Waals surface area contributed by atoms with Gasteiger partial charge in [-0.15, -0.1) is 0 Å². The van der Waals surface area contributed by atoms with Crippen molar-refractivity contribution >= 4 is 88.1 Å². The number of para-hydroxylation sites is 1. The summed E-state index contributed by atoms with van der Waals surface area (Å²) >= 11 is 0. The standard InChI is InChI=1S/C29H28F4N4O4.2Na.3H2O.2H/c1-40-20-6-3-5-19(16-20)35-11-13-36(14-12-35)28-34-27-21(7-4-8-22(27)30)23(17-26(38)39)37(28)24-15-18(29(31,32)33)9-10-25(24)41-2;;;;;;;/h3-10,15-16,23H,11-14,17H2,1-2H3,(H,38,39);;;3*1H2;;/t23-;;;;;;;/m0......./s1. The van der Waals surface area contributed by atoms with Crippen LogP contribution < -0.4 is 19.3 Å². The molecule has 3 aromatic rings. The Hall–Kier alpha value is -2.60. The normalized spacial score (nSPS) is 15.3. The number of methoxy groups -OCH3 is 2. The predicted octanol–water partition coefficient (Wildman–Crippen LogP) is 1.94. The Bertz CT molecular complexity index is 1490. The average molecular weight is 675 g/mol. The Morgan fingerprint density at radius 1 is 0.913 bits per heavy atom. The van der Waals surface area contributed by atoms with E-state index in [0.717, 1.165) is 17.8 Å². The Kier molecular flexibility index (Phi) is 17.1. The molecule has 0 unspecified atom stereocenters. The van der Waals surface area contributed by atoms with Crippen molar-refractivity contribution in [2.45, 2.75) is 18.6 Å². The summed E-state index contributed by atoms with van der Waals surface area (Å²) in [6.07, 6.45) is -5.18. The number of piperazine rings is 1. The molecule has 244 valence electrons. The molecule has 0 aromatic heterocycles. The number of fused-ring (bicyclic) bond motifs is 1. The summed E-state index contributed by atoms with van der Waals surface area (Å²) in [4.78, 5) is 22.0. The van der Waals surface area contributed by atoms with Crippen molar-refractivity contribution in [3.8, 4) is 11.5 Å². The summed E-state index contributed by atoms with van der Waals surface area (Å²) in [7, 11) is 2.90. The fourth-order valence-electron chi connectivity index (χ4n) is 5.24. The number of alkyl halides is 3. The molecule has 2 aliphatic rings. The van der Waals surface area contributed by atoms with E-state index in [-0.39, 0.29) is 104 Å². The van der Waals surface area contributed by atoms with Crippen molar-refractivity contribution in [1.29, 1.82) is 0 Å². The second-order valence-corrected chi connectivity index (χ2v) is 9.63. The van der Waals surface area contributed by atoms with Gasteiger partial charge < -0.3 is 45.7 Å². The maximum atomic E-state index is 15.1. The number of aliphatic imine (C=N–C) groups is 1. The first-order valence-corrected chi connectivity index (χ1v) is 12.9. The SMILES string of the molecule is COc1cccc(N2CCN(C3=Nc4c(F)cccc4[C@H](CC(=O)O)N3c3cc(C(F)(F)F)ccc3OC)CC2)c1.O.O.O.[NaH].[NaH]. The third-order valence-corrected chi connectivity index (χ3v) is 7.23. The molecule has 5 rings (SSSR count). The van der Waals surface area contributed by atoms with E-state index in [1.807, 2.05) is 29.2 Å². The number of anilines is 2. The van der Waals surface area contributed by atoms with Crippen LogP contribution in [0.1, 0.15) is 23.6 Å². The van der Waals surface area contributed by atoms with E-state index in [1.165, 1.54) is 30.2 Å². The van der Waals surface area contributed by atoms with Crippen molar-refractivity contribution in [2.24, 2.45) is 4.99 Å². The Morgan fingerprint density at radius 2 is 1.54 bits per heavy atom. The van der Waals surface area contributed by atoms with Crippen LogP contribution in [0.2, 0.25) is 0 Å². The number of carboxylic acid groups (broad SMARTS) is 1. The Labute approximate surface area is 307 Å². The number of aliphatic carboxylic acids is 1. The summed E-state index contributed by atoms with van der Waals surface area (Å²) in [5, 5.41) is 9.83. The van der Waals surface area contributed by atoms with Gasteiger partial charge in [-0.3, -0.25) is 4.79 Å². The molecule has 0 aliphatic carbocycles. The molecule has 0 amide bonds. The van der Waals surface area contributed by atoms with Crippen LogP contribution in [0.5, 0.6) is 11.5 Å². The van der Waals surface area contributed by atoms with Crippen LogP contribution in [0.25, 0.3) is 0 Å². The number of halogens is 4. The molecule has 11 nitrogen and oxygen atoms in total. The minimum absolute atomic E-state index is 0. The van der Waals surface area contributed by atoms with Gasteiger partial charge in [0.15, 0.2) is 0 Å². The number of hydrogen-bond acceptors (Lipinski definition) is 7. The van der Waals surface area contributed by atoms with E-state index in [0.29, 0.717) is 31.9 Å². The molecule has 46 heavy (non-hydrogen) atoms. The number of carbonyl (C=O) groups is 1. The Balaban J connectivity index is 0.00000405. The van der Waals surface area contributed by atoms with Crippen molar-refractivity contribution in [3.05, 3.63) is 77.6 Å². The molecular weight excluding hydrogens is 638 g/mol. The van der Waals surface area contributed by atoms with E-state index in [2.05, 4.69) is 9.89 Å². The molecule has 0 bridgehead atoms. The molecule has 17 heteroatoms. The van der Waals surface area contributed by atoms with Gasteiger partial charge in [0.05, 0.1) is 37.9 Å². The van der Waals surface area contributed by atoms with Crippen LogP contribution in [0.15, 0.2) is 65.7 Å². The quantitative estimate of drug-likeness (QED) is 0.307. The second kappa shape index (κ2) is 18.1. The molecule has 1 atom stereocenters. The van der Waals surface area contributed by atoms with Gasteiger partial charge in [-0.1, -0.05) is 18.2 Å². The van der Waals surface area contributed by atoms with E-state index in [9.17, 15) is 23.1 Å².